The molecule has 3 nitrogen and oxygen atoms in total. The van der Waals surface area contributed by atoms with Gasteiger partial charge >= 0.3 is 0 Å². The molecule has 0 aliphatic rings. The van der Waals surface area contributed by atoms with E-state index in [-0.39, 0.29) is 6.10 Å². The molecule has 90 valence electrons. The number of methoxy groups -OCH3 is 2. The van der Waals surface area contributed by atoms with Crippen LogP contribution in [-0.2, 0) is 6.42 Å². The van der Waals surface area contributed by atoms with Crippen LogP contribution in [0.2, 0.25) is 0 Å². The Bertz CT molecular complexity index is 323. The van der Waals surface area contributed by atoms with E-state index >= 15 is 0 Å². The SMILES string of the molecule is CCC(O)CCc1cc(OC)ccc1OC. The predicted molar refractivity (Wildman–Crippen MR) is 64.2 cm³/mol. The van der Waals surface area contributed by atoms with E-state index in [0.29, 0.717) is 0 Å². The molecule has 0 amide bonds. The Labute approximate surface area is 97.0 Å². The van der Waals surface area contributed by atoms with Gasteiger partial charge in [-0.05, 0) is 43.0 Å². The molecule has 1 aromatic rings. The first kappa shape index (κ1) is 12.8. The Morgan fingerprint density at radius 1 is 1.25 bits per heavy atom. The van der Waals surface area contributed by atoms with Gasteiger partial charge in [-0.1, -0.05) is 6.92 Å². The molecule has 0 bridgehead atoms. The summed E-state index contributed by atoms with van der Waals surface area (Å²) in [6.45, 7) is 1.98. The van der Waals surface area contributed by atoms with Gasteiger partial charge in [0.2, 0.25) is 0 Å². The summed E-state index contributed by atoms with van der Waals surface area (Å²) in [5, 5.41) is 9.54. The summed E-state index contributed by atoms with van der Waals surface area (Å²) in [5.74, 6) is 1.67. The third-order valence-corrected chi connectivity index (χ3v) is 2.71. The summed E-state index contributed by atoms with van der Waals surface area (Å²) < 4.78 is 10.4. The second kappa shape index (κ2) is 6.38. The van der Waals surface area contributed by atoms with E-state index in [0.717, 1.165) is 36.3 Å². The Balaban J connectivity index is 2.75. The molecule has 1 rings (SSSR count). The van der Waals surface area contributed by atoms with Gasteiger partial charge in [-0.15, -0.1) is 0 Å². The van der Waals surface area contributed by atoms with Crippen LogP contribution in [-0.4, -0.2) is 25.4 Å². The minimum absolute atomic E-state index is 0.240. The minimum Gasteiger partial charge on any atom is -0.497 e. The molecular weight excluding hydrogens is 204 g/mol. The van der Waals surface area contributed by atoms with Crippen molar-refractivity contribution in [2.75, 3.05) is 14.2 Å². The average molecular weight is 224 g/mol. The van der Waals surface area contributed by atoms with Crippen molar-refractivity contribution < 1.29 is 14.6 Å². The standard InChI is InChI=1S/C13H20O3/c1-4-11(14)6-5-10-9-12(15-2)7-8-13(10)16-3/h7-9,11,14H,4-6H2,1-3H3. The lowest BCUT2D eigenvalue weighted by atomic mass is 10.0. The third kappa shape index (κ3) is 3.42. The van der Waals surface area contributed by atoms with E-state index < -0.39 is 0 Å². The monoisotopic (exact) mass is 224 g/mol. The van der Waals surface area contributed by atoms with Crippen molar-refractivity contribution in [3.63, 3.8) is 0 Å². The summed E-state index contributed by atoms with van der Waals surface area (Å²) in [6, 6.07) is 5.73. The fourth-order valence-corrected chi connectivity index (χ4v) is 1.60. The summed E-state index contributed by atoms with van der Waals surface area (Å²) in [7, 11) is 3.30. The van der Waals surface area contributed by atoms with Crippen LogP contribution >= 0.6 is 0 Å². The number of aliphatic hydroxyl groups is 1. The molecule has 0 heterocycles. The summed E-state index contributed by atoms with van der Waals surface area (Å²) >= 11 is 0. The quantitative estimate of drug-likeness (QED) is 0.806. The lowest BCUT2D eigenvalue weighted by molar-refractivity contribution is 0.160. The fraction of sp³-hybridized carbons (Fsp3) is 0.538. The smallest absolute Gasteiger partial charge is 0.122 e. The Morgan fingerprint density at radius 3 is 2.56 bits per heavy atom. The van der Waals surface area contributed by atoms with Crippen LogP contribution in [0.1, 0.15) is 25.3 Å². The molecule has 0 aliphatic carbocycles. The number of ether oxygens (including phenoxy) is 2. The van der Waals surface area contributed by atoms with Crippen molar-refractivity contribution in [2.45, 2.75) is 32.3 Å². The van der Waals surface area contributed by atoms with E-state index in [2.05, 4.69) is 0 Å². The maximum atomic E-state index is 9.54. The van der Waals surface area contributed by atoms with E-state index in [9.17, 15) is 5.11 Å². The van der Waals surface area contributed by atoms with Crippen molar-refractivity contribution >= 4 is 0 Å². The van der Waals surface area contributed by atoms with E-state index in [1.807, 2.05) is 25.1 Å². The highest BCUT2D eigenvalue weighted by molar-refractivity contribution is 5.40. The van der Waals surface area contributed by atoms with Crippen molar-refractivity contribution in [2.24, 2.45) is 0 Å². The van der Waals surface area contributed by atoms with Gasteiger partial charge in [-0.25, -0.2) is 0 Å². The minimum atomic E-state index is -0.240. The molecule has 0 aromatic heterocycles. The van der Waals surface area contributed by atoms with Crippen molar-refractivity contribution in [3.05, 3.63) is 23.8 Å². The number of hydrogen-bond donors (Lipinski definition) is 1. The van der Waals surface area contributed by atoms with Crippen LogP contribution < -0.4 is 9.47 Å². The number of hydrogen-bond acceptors (Lipinski definition) is 3. The molecule has 0 aliphatic heterocycles. The van der Waals surface area contributed by atoms with Gasteiger partial charge in [-0.3, -0.25) is 0 Å². The second-order valence-corrected chi connectivity index (χ2v) is 3.78. The number of aliphatic hydroxyl groups excluding tert-OH is 1. The van der Waals surface area contributed by atoms with E-state index in [1.165, 1.54) is 0 Å². The van der Waals surface area contributed by atoms with Gasteiger partial charge in [0.25, 0.3) is 0 Å². The zero-order valence-corrected chi connectivity index (χ0v) is 10.2. The van der Waals surface area contributed by atoms with E-state index in [4.69, 9.17) is 9.47 Å². The van der Waals surface area contributed by atoms with Gasteiger partial charge < -0.3 is 14.6 Å². The zero-order chi connectivity index (χ0) is 12.0. The first-order valence-corrected chi connectivity index (χ1v) is 5.60. The highest BCUT2D eigenvalue weighted by Gasteiger charge is 2.07. The van der Waals surface area contributed by atoms with Crippen LogP contribution in [0.5, 0.6) is 11.5 Å². The second-order valence-electron chi connectivity index (χ2n) is 3.78. The number of rotatable bonds is 6. The van der Waals surface area contributed by atoms with Crippen LogP contribution in [0.4, 0.5) is 0 Å². The molecular formula is C13H20O3. The maximum Gasteiger partial charge on any atom is 0.122 e. The molecule has 1 aromatic carbocycles. The molecule has 0 radical (unpaired) electrons. The first-order valence-electron chi connectivity index (χ1n) is 5.60. The molecule has 0 fully saturated rings. The van der Waals surface area contributed by atoms with Crippen molar-refractivity contribution in [1.82, 2.24) is 0 Å². The lowest BCUT2D eigenvalue weighted by Crippen LogP contribution is -2.06. The highest BCUT2D eigenvalue weighted by atomic mass is 16.5. The Hall–Kier alpha value is -1.22. The van der Waals surface area contributed by atoms with Crippen LogP contribution in [0.3, 0.4) is 0 Å². The molecule has 1 N–H and O–H groups in total. The summed E-state index contributed by atoms with van der Waals surface area (Å²) in [4.78, 5) is 0. The zero-order valence-electron chi connectivity index (χ0n) is 10.2. The summed E-state index contributed by atoms with van der Waals surface area (Å²) in [5.41, 5.74) is 1.08. The molecule has 1 unspecified atom stereocenters. The molecule has 0 saturated carbocycles. The molecule has 3 heteroatoms. The lowest BCUT2D eigenvalue weighted by Gasteiger charge is -2.12. The van der Waals surface area contributed by atoms with Gasteiger partial charge in [0.15, 0.2) is 0 Å². The van der Waals surface area contributed by atoms with Gasteiger partial charge in [0.1, 0.15) is 11.5 Å². The maximum absolute atomic E-state index is 9.54. The molecule has 16 heavy (non-hydrogen) atoms. The third-order valence-electron chi connectivity index (χ3n) is 2.71. The van der Waals surface area contributed by atoms with Crippen LogP contribution in [0.15, 0.2) is 18.2 Å². The number of benzene rings is 1. The molecule has 1 atom stereocenters. The van der Waals surface area contributed by atoms with Crippen LogP contribution in [0.25, 0.3) is 0 Å². The molecule has 0 saturated heterocycles. The fourth-order valence-electron chi connectivity index (χ4n) is 1.60. The number of aryl methyl sites for hydroxylation is 1. The van der Waals surface area contributed by atoms with Crippen molar-refractivity contribution in [3.8, 4) is 11.5 Å². The Kier molecular flexibility index (Phi) is 5.12. The normalized spacial score (nSPS) is 12.2. The molecule has 0 spiro atoms. The largest absolute Gasteiger partial charge is 0.497 e. The van der Waals surface area contributed by atoms with Gasteiger partial charge in [-0.2, -0.15) is 0 Å². The van der Waals surface area contributed by atoms with Gasteiger partial charge in [0, 0.05) is 0 Å². The Morgan fingerprint density at radius 2 is 2.00 bits per heavy atom. The first-order chi connectivity index (χ1) is 7.71. The topological polar surface area (TPSA) is 38.7 Å². The average Bonchev–Trinajstić information content (AvgIpc) is 2.35. The van der Waals surface area contributed by atoms with Gasteiger partial charge in [0.05, 0.1) is 20.3 Å². The highest BCUT2D eigenvalue weighted by Crippen LogP contribution is 2.25. The summed E-state index contributed by atoms with van der Waals surface area (Å²) in [6.07, 6.45) is 2.10. The van der Waals surface area contributed by atoms with E-state index in [1.54, 1.807) is 14.2 Å². The van der Waals surface area contributed by atoms with Crippen molar-refractivity contribution in [1.29, 1.82) is 0 Å². The van der Waals surface area contributed by atoms with Crippen LogP contribution in [0, 0.1) is 0 Å². The predicted octanol–water partition coefficient (Wildman–Crippen LogP) is 2.41.